The quantitative estimate of drug-likeness (QED) is 0.822. The first kappa shape index (κ1) is 12.7. The first-order chi connectivity index (χ1) is 8.70. The Labute approximate surface area is 106 Å². The zero-order valence-corrected chi connectivity index (χ0v) is 10.4. The van der Waals surface area contributed by atoms with E-state index >= 15 is 0 Å². The number of aliphatic hydroxyl groups is 1. The van der Waals surface area contributed by atoms with Gasteiger partial charge < -0.3 is 19.9 Å². The molecule has 0 atom stereocenters. The predicted molar refractivity (Wildman–Crippen MR) is 65.5 cm³/mol. The molecule has 5 heteroatoms. The molecule has 1 aliphatic heterocycles. The highest BCUT2D eigenvalue weighted by Gasteiger charge is 2.15. The standard InChI is InChI=1S/C13H17NO4/c1-9-5-11-12(18-8-17-11)6-10(9)7-14-13(16)3-2-4-15/h5-6,15H,2-4,7-8H2,1H3,(H,14,16). The lowest BCUT2D eigenvalue weighted by Crippen LogP contribution is -2.23. The molecular formula is C13H17NO4. The van der Waals surface area contributed by atoms with Crippen LogP contribution in [0.15, 0.2) is 12.1 Å². The molecule has 2 rings (SSSR count). The molecule has 98 valence electrons. The van der Waals surface area contributed by atoms with Gasteiger partial charge in [-0.3, -0.25) is 4.79 Å². The molecule has 0 unspecified atom stereocenters. The summed E-state index contributed by atoms with van der Waals surface area (Å²) >= 11 is 0. The van der Waals surface area contributed by atoms with Crippen LogP contribution in [0.1, 0.15) is 24.0 Å². The Morgan fingerprint density at radius 1 is 1.39 bits per heavy atom. The Hall–Kier alpha value is -1.75. The molecule has 0 saturated carbocycles. The topological polar surface area (TPSA) is 67.8 Å². The van der Waals surface area contributed by atoms with Gasteiger partial charge in [-0.2, -0.15) is 0 Å². The summed E-state index contributed by atoms with van der Waals surface area (Å²) in [5, 5.41) is 11.5. The predicted octanol–water partition coefficient (Wildman–Crippen LogP) is 1.11. The van der Waals surface area contributed by atoms with Crippen LogP contribution in [0.25, 0.3) is 0 Å². The summed E-state index contributed by atoms with van der Waals surface area (Å²) in [6, 6.07) is 3.81. The highest BCUT2D eigenvalue weighted by molar-refractivity contribution is 5.75. The minimum atomic E-state index is -0.0545. The second kappa shape index (κ2) is 5.73. The van der Waals surface area contributed by atoms with Crippen LogP contribution in [0.2, 0.25) is 0 Å². The number of aryl methyl sites for hydroxylation is 1. The molecule has 0 saturated heterocycles. The largest absolute Gasteiger partial charge is 0.454 e. The lowest BCUT2D eigenvalue weighted by Gasteiger charge is -2.09. The number of hydrogen-bond acceptors (Lipinski definition) is 4. The molecule has 18 heavy (non-hydrogen) atoms. The minimum absolute atomic E-state index is 0.0382. The first-order valence-electron chi connectivity index (χ1n) is 5.97. The van der Waals surface area contributed by atoms with Gasteiger partial charge in [0.1, 0.15) is 0 Å². The van der Waals surface area contributed by atoms with Crippen LogP contribution < -0.4 is 14.8 Å². The maximum Gasteiger partial charge on any atom is 0.231 e. The van der Waals surface area contributed by atoms with Crippen molar-refractivity contribution >= 4 is 5.91 Å². The minimum Gasteiger partial charge on any atom is -0.454 e. The molecule has 2 N–H and O–H groups in total. The summed E-state index contributed by atoms with van der Waals surface area (Å²) < 4.78 is 10.6. The Balaban J connectivity index is 1.95. The Bertz CT molecular complexity index is 445. The highest BCUT2D eigenvalue weighted by Crippen LogP contribution is 2.34. The summed E-state index contributed by atoms with van der Waals surface area (Å²) in [4.78, 5) is 11.4. The number of carbonyl (C=O) groups is 1. The van der Waals surface area contributed by atoms with Crippen LogP contribution in [0.3, 0.4) is 0 Å². The van der Waals surface area contributed by atoms with E-state index < -0.39 is 0 Å². The average molecular weight is 251 g/mol. The van der Waals surface area contributed by atoms with Crippen molar-refractivity contribution in [1.82, 2.24) is 5.32 Å². The summed E-state index contributed by atoms with van der Waals surface area (Å²) in [6.45, 7) is 2.72. The first-order valence-corrected chi connectivity index (χ1v) is 5.97. The fraction of sp³-hybridized carbons (Fsp3) is 0.462. The molecule has 1 amide bonds. The second-order valence-corrected chi connectivity index (χ2v) is 4.24. The lowest BCUT2D eigenvalue weighted by molar-refractivity contribution is -0.121. The van der Waals surface area contributed by atoms with E-state index in [4.69, 9.17) is 14.6 Å². The van der Waals surface area contributed by atoms with Crippen LogP contribution in [0.5, 0.6) is 11.5 Å². The van der Waals surface area contributed by atoms with Crippen molar-refractivity contribution in [3.05, 3.63) is 23.3 Å². The van der Waals surface area contributed by atoms with Gasteiger partial charge in [0, 0.05) is 19.6 Å². The Morgan fingerprint density at radius 3 is 2.83 bits per heavy atom. The van der Waals surface area contributed by atoms with Gasteiger partial charge in [0.05, 0.1) is 0 Å². The number of carbonyl (C=O) groups excluding carboxylic acids is 1. The number of ether oxygens (including phenoxy) is 2. The summed E-state index contributed by atoms with van der Waals surface area (Å²) in [7, 11) is 0. The lowest BCUT2D eigenvalue weighted by atomic mass is 10.1. The van der Waals surface area contributed by atoms with Gasteiger partial charge in [-0.25, -0.2) is 0 Å². The molecule has 1 aliphatic rings. The van der Waals surface area contributed by atoms with E-state index in [-0.39, 0.29) is 19.3 Å². The van der Waals surface area contributed by atoms with Gasteiger partial charge in [-0.15, -0.1) is 0 Å². The smallest absolute Gasteiger partial charge is 0.231 e. The van der Waals surface area contributed by atoms with Gasteiger partial charge in [-0.05, 0) is 36.6 Å². The van der Waals surface area contributed by atoms with Crippen LogP contribution in [0.4, 0.5) is 0 Å². The van der Waals surface area contributed by atoms with Gasteiger partial charge in [0.15, 0.2) is 11.5 Å². The maximum absolute atomic E-state index is 11.4. The van der Waals surface area contributed by atoms with Crippen LogP contribution >= 0.6 is 0 Å². The molecule has 0 aliphatic carbocycles. The van der Waals surface area contributed by atoms with Crippen molar-refractivity contribution in [2.24, 2.45) is 0 Å². The van der Waals surface area contributed by atoms with Crippen molar-refractivity contribution < 1.29 is 19.4 Å². The van der Waals surface area contributed by atoms with E-state index in [1.54, 1.807) is 0 Å². The number of nitrogens with one attached hydrogen (secondary N) is 1. The molecule has 0 fully saturated rings. The van der Waals surface area contributed by atoms with Crippen molar-refractivity contribution in [2.75, 3.05) is 13.4 Å². The zero-order valence-electron chi connectivity index (χ0n) is 10.4. The molecule has 0 aromatic heterocycles. The SMILES string of the molecule is Cc1cc2c(cc1CNC(=O)CCCO)OCO2. The molecule has 0 spiro atoms. The monoisotopic (exact) mass is 251 g/mol. The normalized spacial score (nSPS) is 12.6. The van der Waals surface area contributed by atoms with E-state index in [1.165, 1.54) is 0 Å². The number of hydrogen-bond donors (Lipinski definition) is 2. The summed E-state index contributed by atoms with van der Waals surface area (Å²) in [6.07, 6.45) is 0.839. The molecule has 5 nitrogen and oxygen atoms in total. The molecular weight excluding hydrogens is 234 g/mol. The number of aliphatic hydroxyl groups excluding tert-OH is 1. The van der Waals surface area contributed by atoms with Gasteiger partial charge >= 0.3 is 0 Å². The van der Waals surface area contributed by atoms with Crippen molar-refractivity contribution in [1.29, 1.82) is 0 Å². The fourth-order valence-electron chi connectivity index (χ4n) is 1.80. The number of rotatable bonds is 5. The van der Waals surface area contributed by atoms with Crippen LogP contribution in [0, 0.1) is 6.92 Å². The maximum atomic E-state index is 11.4. The van der Waals surface area contributed by atoms with E-state index in [9.17, 15) is 4.79 Å². The van der Waals surface area contributed by atoms with E-state index in [0.717, 1.165) is 22.6 Å². The van der Waals surface area contributed by atoms with Gasteiger partial charge in [0.25, 0.3) is 0 Å². The Kier molecular flexibility index (Phi) is 4.04. The number of benzene rings is 1. The third-order valence-corrected chi connectivity index (χ3v) is 2.87. The van der Waals surface area contributed by atoms with Crippen LogP contribution in [-0.2, 0) is 11.3 Å². The van der Waals surface area contributed by atoms with Gasteiger partial charge in [0.2, 0.25) is 12.7 Å². The molecule has 0 radical (unpaired) electrons. The highest BCUT2D eigenvalue weighted by atomic mass is 16.7. The molecule has 0 bridgehead atoms. The molecule has 1 aromatic carbocycles. The average Bonchev–Trinajstić information content (AvgIpc) is 2.80. The summed E-state index contributed by atoms with van der Waals surface area (Å²) in [5.74, 6) is 1.42. The van der Waals surface area contributed by atoms with Crippen LogP contribution in [-0.4, -0.2) is 24.4 Å². The third kappa shape index (κ3) is 2.92. The van der Waals surface area contributed by atoms with Crippen molar-refractivity contribution in [3.63, 3.8) is 0 Å². The van der Waals surface area contributed by atoms with E-state index in [1.807, 2.05) is 19.1 Å². The summed E-state index contributed by atoms with van der Waals surface area (Å²) in [5.41, 5.74) is 2.07. The Morgan fingerprint density at radius 2 is 2.11 bits per heavy atom. The zero-order chi connectivity index (χ0) is 13.0. The molecule has 1 heterocycles. The number of fused-ring (bicyclic) bond motifs is 1. The van der Waals surface area contributed by atoms with E-state index in [2.05, 4.69) is 5.32 Å². The van der Waals surface area contributed by atoms with Crippen molar-refractivity contribution in [2.45, 2.75) is 26.3 Å². The van der Waals surface area contributed by atoms with E-state index in [0.29, 0.717) is 19.4 Å². The third-order valence-electron chi connectivity index (χ3n) is 2.87. The fourth-order valence-corrected chi connectivity index (χ4v) is 1.80. The van der Waals surface area contributed by atoms with Crippen molar-refractivity contribution in [3.8, 4) is 11.5 Å². The molecule has 1 aromatic rings. The van der Waals surface area contributed by atoms with Gasteiger partial charge in [-0.1, -0.05) is 0 Å². The second-order valence-electron chi connectivity index (χ2n) is 4.24. The number of amides is 1.